The minimum atomic E-state index is -1.77. The summed E-state index contributed by atoms with van der Waals surface area (Å²) in [7, 11) is 0. The molecule has 1 aliphatic heterocycles. The number of rotatable bonds is 11. The Hall–Kier alpha value is -2.45. The van der Waals surface area contributed by atoms with Gasteiger partial charge in [-0.2, -0.15) is 0 Å². The highest BCUT2D eigenvalue weighted by Crippen LogP contribution is 2.39. The predicted molar refractivity (Wildman–Crippen MR) is 108 cm³/mol. The Morgan fingerprint density at radius 1 is 1.10 bits per heavy atom. The van der Waals surface area contributed by atoms with Gasteiger partial charge < -0.3 is 26.6 Å². The standard InChI is InChI=1S/C21H31N3O5/c22-13-5-4-9-17(23)18(25)24-14-6-12-21(24,20(28)29)16(19(26)27)11-10-15-7-2-1-3-8-15/h1-3,7-8,16-17H,4-6,9-14,22-23H2,(H,26,27)(H,28,29)/t16-,17+,21-/m1/s1. The zero-order valence-corrected chi connectivity index (χ0v) is 16.6. The quantitative estimate of drug-likeness (QED) is 0.405. The lowest BCUT2D eigenvalue weighted by Crippen LogP contribution is -2.62. The van der Waals surface area contributed by atoms with E-state index in [4.69, 9.17) is 11.5 Å². The van der Waals surface area contributed by atoms with Gasteiger partial charge >= 0.3 is 11.9 Å². The average molecular weight is 405 g/mol. The van der Waals surface area contributed by atoms with Crippen LogP contribution in [0.3, 0.4) is 0 Å². The number of amides is 1. The summed E-state index contributed by atoms with van der Waals surface area (Å²) in [6.45, 7) is 0.690. The van der Waals surface area contributed by atoms with E-state index in [0.717, 1.165) is 12.0 Å². The molecule has 8 nitrogen and oxygen atoms in total. The number of nitrogens with two attached hydrogens (primary N) is 2. The Labute approximate surface area is 170 Å². The monoisotopic (exact) mass is 405 g/mol. The third-order valence-electron chi connectivity index (χ3n) is 5.78. The average Bonchev–Trinajstić information content (AvgIpc) is 3.14. The summed E-state index contributed by atoms with van der Waals surface area (Å²) in [4.78, 5) is 38.7. The molecule has 3 atom stereocenters. The highest BCUT2D eigenvalue weighted by molar-refractivity contribution is 5.94. The van der Waals surface area contributed by atoms with Gasteiger partial charge in [-0.05, 0) is 50.6 Å². The molecular formula is C21H31N3O5. The van der Waals surface area contributed by atoms with Gasteiger partial charge in [-0.25, -0.2) is 4.79 Å². The second kappa shape index (κ2) is 10.4. The van der Waals surface area contributed by atoms with Crippen LogP contribution in [0.25, 0.3) is 0 Å². The minimum Gasteiger partial charge on any atom is -0.481 e. The third-order valence-corrected chi connectivity index (χ3v) is 5.78. The fourth-order valence-electron chi connectivity index (χ4n) is 4.24. The smallest absolute Gasteiger partial charge is 0.330 e. The van der Waals surface area contributed by atoms with E-state index in [1.807, 2.05) is 30.3 Å². The van der Waals surface area contributed by atoms with Crippen LogP contribution in [0.1, 0.15) is 44.1 Å². The van der Waals surface area contributed by atoms with Gasteiger partial charge in [0, 0.05) is 6.54 Å². The van der Waals surface area contributed by atoms with E-state index in [0.29, 0.717) is 32.2 Å². The van der Waals surface area contributed by atoms with E-state index in [1.165, 1.54) is 4.90 Å². The normalized spacial score (nSPS) is 21.0. The van der Waals surface area contributed by atoms with Crippen molar-refractivity contribution in [3.05, 3.63) is 35.9 Å². The van der Waals surface area contributed by atoms with Crippen LogP contribution in [0, 0.1) is 5.92 Å². The second-order valence-electron chi connectivity index (χ2n) is 7.63. The van der Waals surface area contributed by atoms with Gasteiger partial charge in [0.1, 0.15) is 0 Å². The highest BCUT2D eigenvalue weighted by atomic mass is 16.4. The topological polar surface area (TPSA) is 147 Å². The molecule has 0 saturated carbocycles. The first-order chi connectivity index (χ1) is 13.8. The van der Waals surface area contributed by atoms with Crippen molar-refractivity contribution in [2.45, 2.75) is 56.5 Å². The van der Waals surface area contributed by atoms with E-state index in [-0.39, 0.29) is 19.4 Å². The SMILES string of the molecule is NCCCC[C@H](N)C(=O)N1CCC[C@]1(C(=O)O)[C@H](CCc1ccccc1)C(=O)O. The van der Waals surface area contributed by atoms with E-state index in [9.17, 15) is 24.6 Å². The molecule has 0 aliphatic carbocycles. The predicted octanol–water partition coefficient (Wildman–Crippen LogP) is 1.22. The van der Waals surface area contributed by atoms with Crippen LogP contribution >= 0.6 is 0 Å². The minimum absolute atomic E-state index is 0.106. The van der Waals surface area contributed by atoms with Gasteiger partial charge in [0.05, 0.1) is 12.0 Å². The lowest BCUT2D eigenvalue weighted by molar-refractivity contribution is -0.168. The van der Waals surface area contributed by atoms with Crippen LogP contribution in [0.15, 0.2) is 30.3 Å². The van der Waals surface area contributed by atoms with Crippen molar-refractivity contribution in [3.63, 3.8) is 0 Å². The van der Waals surface area contributed by atoms with Gasteiger partial charge in [-0.1, -0.05) is 36.8 Å². The number of aliphatic carboxylic acids is 2. The summed E-state index contributed by atoms with van der Waals surface area (Å²) >= 11 is 0. The lowest BCUT2D eigenvalue weighted by Gasteiger charge is -2.40. The molecule has 1 aliphatic rings. The van der Waals surface area contributed by atoms with Gasteiger partial charge in [-0.15, -0.1) is 0 Å². The number of hydrogen-bond acceptors (Lipinski definition) is 5. The summed E-state index contributed by atoms with van der Waals surface area (Å²) in [6.07, 6.45) is 2.85. The summed E-state index contributed by atoms with van der Waals surface area (Å²) < 4.78 is 0. The molecule has 1 fully saturated rings. The Kier molecular flexibility index (Phi) is 8.16. The third kappa shape index (κ3) is 5.13. The van der Waals surface area contributed by atoms with Crippen molar-refractivity contribution in [2.75, 3.05) is 13.1 Å². The fraction of sp³-hybridized carbons (Fsp3) is 0.571. The number of carbonyl (C=O) groups is 3. The zero-order valence-electron chi connectivity index (χ0n) is 16.6. The molecule has 0 radical (unpaired) electrons. The second-order valence-corrected chi connectivity index (χ2v) is 7.63. The number of carbonyl (C=O) groups excluding carboxylic acids is 1. The van der Waals surface area contributed by atoms with Crippen molar-refractivity contribution in [3.8, 4) is 0 Å². The number of nitrogens with zero attached hydrogens (tertiary/aromatic N) is 1. The van der Waals surface area contributed by atoms with Crippen molar-refractivity contribution in [1.29, 1.82) is 0 Å². The number of hydrogen-bond donors (Lipinski definition) is 4. The van der Waals surface area contributed by atoms with Crippen LogP contribution < -0.4 is 11.5 Å². The molecular weight excluding hydrogens is 374 g/mol. The van der Waals surface area contributed by atoms with Gasteiger partial charge in [0.2, 0.25) is 5.91 Å². The maximum absolute atomic E-state index is 13.0. The Bertz CT molecular complexity index is 712. The molecule has 29 heavy (non-hydrogen) atoms. The molecule has 1 heterocycles. The maximum atomic E-state index is 13.0. The Balaban J connectivity index is 2.26. The number of carboxylic acids is 2. The van der Waals surface area contributed by atoms with Gasteiger partial charge in [0.25, 0.3) is 0 Å². The number of benzene rings is 1. The molecule has 160 valence electrons. The molecule has 0 bridgehead atoms. The molecule has 2 rings (SSSR count). The zero-order chi connectivity index (χ0) is 21.4. The van der Waals surface area contributed by atoms with Crippen LogP contribution in [0.5, 0.6) is 0 Å². The molecule has 8 heteroatoms. The molecule has 1 amide bonds. The number of likely N-dealkylation sites (tertiary alicyclic amines) is 1. The van der Waals surface area contributed by atoms with Crippen molar-refractivity contribution in [2.24, 2.45) is 17.4 Å². The summed E-state index contributed by atoms with van der Waals surface area (Å²) in [5.41, 5.74) is 10.6. The first kappa shape index (κ1) is 22.8. The molecule has 1 aromatic rings. The van der Waals surface area contributed by atoms with Crippen LogP contribution in [-0.2, 0) is 20.8 Å². The molecule has 0 spiro atoms. The first-order valence-electron chi connectivity index (χ1n) is 10.1. The maximum Gasteiger partial charge on any atom is 0.330 e. The van der Waals surface area contributed by atoms with Crippen LogP contribution in [0.4, 0.5) is 0 Å². The molecule has 0 aromatic heterocycles. The van der Waals surface area contributed by atoms with Crippen LogP contribution in [-0.4, -0.2) is 57.6 Å². The first-order valence-corrected chi connectivity index (χ1v) is 10.1. The van der Waals surface area contributed by atoms with Crippen LogP contribution in [0.2, 0.25) is 0 Å². The highest BCUT2D eigenvalue weighted by Gasteiger charge is 2.58. The lowest BCUT2D eigenvalue weighted by atomic mass is 9.77. The van der Waals surface area contributed by atoms with E-state index in [2.05, 4.69) is 0 Å². The Morgan fingerprint density at radius 2 is 1.79 bits per heavy atom. The number of unbranched alkanes of at least 4 members (excludes halogenated alkanes) is 1. The number of carboxylic acid groups (broad SMARTS) is 2. The summed E-state index contributed by atoms with van der Waals surface area (Å²) in [6, 6.07) is 8.45. The van der Waals surface area contributed by atoms with Gasteiger partial charge in [-0.3, -0.25) is 9.59 Å². The summed E-state index contributed by atoms with van der Waals surface area (Å²) in [5.74, 6) is -4.20. The molecule has 1 saturated heterocycles. The Morgan fingerprint density at radius 3 is 2.38 bits per heavy atom. The fourth-order valence-corrected chi connectivity index (χ4v) is 4.24. The van der Waals surface area contributed by atoms with E-state index in [1.54, 1.807) is 0 Å². The molecule has 1 aromatic carbocycles. The molecule has 0 unspecified atom stereocenters. The van der Waals surface area contributed by atoms with Crippen molar-refractivity contribution >= 4 is 17.8 Å². The van der Waals surface area contributed by atoms with Crippen molar-refractivity contribution in [1.82, 2.24) is 4.90 Å². The van der Waals surface area contributed by atoms with Crippen molar-refractivity contribution < 1.29 is 24.6 Å². The van der Waals surface area contributed by atoms with E-state index < -0.39 is 35.3 Å². The largest absolute Gasteiger partial charge is 0.481 e. The van der Waals surface area contributed by atoms with E-state index >= 15 is 0 Å². The number of aryl methyl sites for hydroxylation is 1. The summed E-state index contributed by atoms with van der Waals surface area (Å²) in [5, 5.41) is 20.0. The molecule has 6 N–H and O–H groups in total. The van der Waals surface area contributed by atoms with Gasteiger partial charge in [0.15, 0.2) is 5.54 Å².